The molecule has 0 bridgehead atoms. The van der Waals surface area contributed by atoms with Gasteiger partial charge in [-0.2, -0.15) is 0 Å². The summed E-state index contributed by atoms with van der Waals surface area (Å²) in [6.45, 7) is 2.07. The number of aromatic nitrogens is 2. The second kappa shape index (κ2) is 7.08. The summed E-state index contributed by atoms with van der Waals surface area (Å²) in [5, 5.41) is 2.86. The van der Waals surface area contributed by atoms with Gasteiger partial charge in [-0.05, 0) is 36.2 Å². The maximum atomic E-state index is 12.1. The fraction of sp³-hybridized carbons (Fsp3) is 0.211. The van der Waals surface area contributed by atoms with Gasteiger partial charge in [0, 0.05) is 18.5 Å². The number of hydrogen-bond donors (Lipinski definition) is 2. The Balaban J connectivity index is 1.67. The minimum absolute atomic E-state index is 0.127. The summed E-state index contributed by atoms with van der Waals surface area (Å²) in [6.07, 6.45) is 1.43. The maximum absolute atomic E-state index is 12.1. The largest absolute Gasteiger partial charge is 0.326 e. The molecule has 0 aliphatic rings. The van der Waals surface area contributed by atoms with E-state index in [4.69, 9.17) is 0 Å². The lowest BCUT2D eigenvalue weighted by atomic mass is 10.1. The molecule has 1 amide bonds. The number of H-pyrrole nitrogens is 1. The van der Waals surface area contributed by atoms with Crippen LogP contribution in [0.5, 0.6) is 0 Å². The van der Waals surface area contributed by atoms with Crippen molar-refractivity contribution in [2.24, 2.45) is 0 Å². The number of amides is 1. The zero-order chi connectivity index (χ0) is 16.9. The van der Waals surface area contributed by atoms with E-state index >= 15 is 0 Å². The molecule has 1 aromatic heterocycles. The molecule has 0 fully saturated rings. The predicted octanol–water partition coefficient (Wildman–Crippen LogP) is 3.06. The van der Waals surface area contributed by atoms with Crippen LogP contribution in [0.25, 0.3) is 11.0 Å². The third-order valence-electron chi connectivity index (χ3n) is 3.88. The fourth-order valence-corrected chi connectivity index (χ4v) is 2.56. The molecule has 3 rings (SSSR count). The number of benzene rings is 2. The van der Waals surface area contributed by atoms with E-state index in [-0.39, 0.29) is 17.9 Å². The van der Waals surface area contributed by atoms with Crippen LogP contribution in [-0.4, -0.2) is 15.9 Å². The van der Waals surface area contributed by atoms with Gasteiger partial charge in [0.2, 0.25) is 5.91 Å². The van der Waals surface area contributed by atoms with Gasteiger partial charge in [0.05, 0.1) is 11.0 Å². The van der Waals surface area contributed by atoms with E-state index in [0.717, 1.165) is 17.6 Å². The topological polar surface area (TPSA) is 74.8 Å². The van der Waals surface area contributed by atoms with Gasteiger partial charge in [-0.3, -0.25) is 9.59 Å². The Hall–Kier alpha value is -2.95. The van der Waals surface area contributed by atoms with E-state index in [1.165, 1.54) is 5.56 Å². The molecule has 122 valence electrons. The minimum atomic E-state index is -0.241. The highest BCUT2D eigenvalue weighted by molar-refractivity contribution is 5.90. The Morgan fingerprint density at radius 1 is 1.17 bits per heavy atom. The van der Waals surface area contributed by atoms with Crippen molar-refractivity contribution in [2.45, 2.75) is 26.2 Å². The first-order chi connectivity index (χ1) is 11.7. The zero-order valence-electron chi connectivity index (χ0n) is 13.5. The number of aromatic amines is 1. The van der Waals surface area contributed by atoms with Crippen LogP contribution < -0.4 is 10.9 Å². The molecule has 5 heteroatoms. The number of aryl methyl sites for hydroxylation is 2. The second-order valence-corrected chi connectivity index (χ2v) is 5.63. The highest BCUT2D eigenvalue weighted by atomic mass is 16.1. The number of nitrogens with one attached hydrogen (secondary N) is 2. The molecule has 0 saturated heterocycles. The molecule has 0 atom stereocenters. The maximum Gasteiger partial charge on any atom is 0.270 e. The van der Waals surface area contributed by atoms with Gasteiger partial charge in [-0.25, -0.2) is 4.98 Å². The molecule has 0 aliphatic heterocycles. The van der Waals surface area contributed by atoms with Crippen LogP contribution in [0.1, 0.15) is 24.6 Å². The summed E-state index contributed by atoms with van der Waals surface area (Å²) in [4.78, 5) is 31.3. The van der Waals surface area contributed by atoms with E-state index in [0.29, 0.717) is 17.6 Å². The van der Waals surface area contributed by atoms with E-state index < -0.39 is 0 Å². The summed E-state index contributed by atoms with van der Waals surface area (Å²) in [7, 11) is 0. The van der Waals surface area contributed by atoms with Crippen molar-refractivity contribution >= 4 is 22.6 Å². The number of nitrogens with zero attached hydrogens (tertiary/aromatic N) is 1. The number of hydrogen-bond acceptors (Lipinski definition) is 3. The van der Waals surface area contributed by atoms with Gasteiger partial charge in [0.1, 0.15) is 5.69 Å². The normalized spacial score (nSPS) is 10.7. The number of carbonyl (C=O) groups excluding carboxylic acids is 1. The molecule has 3 aromatic rings. The number of carbonyl (C=O) groups is 1. The van der Waals surface area contributed by atoms with Crippen molar-refractivity contribution in [1.29, 1.82) is 0 Å². The molecule has 2 aromatic carbocycles. The van der Waals surface area contributed by atoms with E-state index in [2.05, 4.69) is 22.2 Å². The van der Waals surface area contributed by atoms with Gasteiger partial charge in [-0.15, -0.1) is 0 Å². The van der Waals surface area contributed by atoms with E-state index in [1.54, 1.807) is 6.07 Å². The molecule has 2 N–H and O–H groups in total. The number of anilines is 1. The van der Waals surface area contributed by atoms with Crippen LogP contribution >= 0.6 is 0 Å². The van der Waals surface area contributed by atoms with Gasteiger partial charge < -0.3 is 10.3 Å². The van der Waals surface area contributed by atoms with Crippen molar-refractivity contribution < 1.29 is 4.79 Å². The monoisotopic (exact) mass is 321 g/mol. The average molecular weight is 321 g/mol. The van der Waals surface area contributed by atoms with Crippen LogP contribution in [-0.2, 0) is 17.6 Å². The first kappa shape index (κ1) is 15.9. The minimum Gasteiger partial charge on any atom is -0.326 e. The van der Waals surface area contributed by atoms with Crippen LogP contribution in [0.3, 0.4) is 0 Å². The van der Waals surface area contributed by atoms with Crippen LogP contribution in [0.2, 0.25) is 0 Å². The van der Waals surface area contributed by atoms with Crippen molar-refractivity contribution in [3.8, 4) is 0 Å². The summed E-state index contributed by atoms with van der Waals surface area (Å²) in [5.41, 5.74) is 3.51. The molecule has 0 aliphatic carbocycles. The Bertz CT molecular complexity index is 931. The second-order valence-electron chi connectivity index (χ2n) is 5.63. The molecule has 0 unspecified atom stereocenters. The van der Waals surface area contributed by atoms with Crippen molar-refractivity contribution in [3.63, 3.8) is 0 Å². The molecular weight excluding hydrogens is 302 g/mol. The first-order valence-electron chi connectivity index (χ1n) is 8.02. The lowest BCUT2D eigenvalue weighted by Gasteiger charge is -2.07. The van der Waals surface area contributed by atoms with Crippen molar-refractivity contribution in [1.82, 2.24) is 9.97 Å². The Kier molecular flexibility index (Phi) is 4.70. The van der Waals surface area contributed by atoms with Gasteiger partial charge >= 0.3 is 0 Å². The van der Waals surface area contributed by atoms with Gasteiger partial charge in [-0.1, -0.05) is 31.2 Å². The highest BCUT2D eigenvalue weighted by Gasteiger charge is 2.08. The van der Waals surface area contributed by atoms with E-state index in [1.807, 2.05) is 42.5 Å². The lowest BCUT2D eigenvalue weighted by Crippen LogP contribution is -2.19. The smallest absolute Gasteiger partial charge is 0.270 e. The first-order valence-corrected chi connectivity index (χ1v) is 8.02. The lowest BCUT2D eigenvalue weighted by molar-refractivity contribution is -0.116. The third kappa shape index (κ3) is 3.68. The van der Waals surface area contributed by atoms with Crippen LogP contribution in [0, 0.1) is 0 Å². The molecule has 0 saturated carbocycles. The average Bonchev–Trinajstić information content (AvgIpc) is 2.60. The fourth-order valence-electron chi connectivity index (χ4n) is 2.56. The molecule has 0 radical (unpaired) electrons. The summed E-state index contributed by atoms with van der Waals surface area (Å²) in [6, 6.07) is 15.1. The molecular formula is C19H19N3O2. The molecule has 1 heterocycles. The number of fused-ring (bicyclic) bond motifs is 1. The molecule has 0 spiro atoms. The molecule has 5 nitrogen and oxygen atoms in total. The summed E-state index contributed by atoms with van der Waals surface area (Å²) >= 11 is 0. The quantitative estimate of drug-likeness (QED) is 0.758. The van der Waals surface area contributed by atoms with Crippen molar-refractivity contribution in [3.05, 3.63) is 70.1 Å². The summed E-state index contributed by atoms with van der Waals surface area (Å²) < 4.78 is 0. The van der Waals surface area contributed by atoms with E-state index in [9.17, 15) is 9.59 Å². The third-order valence-corrected chi connectivity index (χ3v) is 3.88. The summed E-state index contributed by atoms with van der Waals surface area (Å²) in [5.74, 6) is -0.127. The Morgan fingerprint density at radius 3 is 2.83 bits per heavy atom. The van der Waals surface area contributed by atoms with Crippen LogP contribution in [0.4, 0.5) is 5.69 Å². The number of para-hydroxylation sites is 2. The predicted molar refractivity (Wildman–Crippen MR) is 95.1 cm³/mol. The Morgan fingerprint density at radius 2 is 2.00 bits per heavy atom. The van der Waals surface area contributed by atoms with Gasteiger partial charge in [0.15, 0.2) is 0 Å². The van der Waals surface area contributed by atoms with Gasteiger partial charge in [0.25, 0.3) is 5.56 Å². The SMILES string of the molecule is CCc1cccc(NC(=O)CCc2nc3ccccc3[nH]c2=O)c1. The highest BCUT2D eigenvalue weighted by Crippen LogP contribution is 2.12. The van der Waals surface area contributed by atoms with Crippen molar-refractivity contribution in [2.75, 3.05) is 5.32 Å². The Labute approximate surface area is 139 Å². The van der Waals surface area contributed by atoms with Crippen LogP contribution in [0.15, 0.2) is 53.3 Å². The zero-order valence-corrected chi connectivity index (χ0v) is 13.5. The standard InChI is InChI=1S/C19H19N3O2/c1-2-13-6-5-7-14(12-13)20-18(23)11-10-17-19(24)22-16-9-4-3-8-15(16)21-17/h3-9,12H,2,10-11H2,1H3,(H,20,23)(H,22,24). The molecule has 24 heavy (non-hydrogen) atoms. The number of rotatable bonds is 5.